The summed E-state index contributed by atoms with van der Waals surface area (Å²) in [5.41, 5.74) is -0.561. The minimum atomic E-state index is -0.791. The van der Waals surface area contributed by atoms with Gasteiger partial charge in [0.05, 0.1) is 11.3 Å². The van der Waals surface area contributed by atoms with E-state index < -0.39 is 17.4 Å². The minimum Gasteiger partial charge on any atom is -0.302 e. The van der Waals surface area contributed by atoms with Gasteiger partial charge in [0.15, 0.2) is 0 Å². The van der Waals surface area contributed by atoms with E-state index in [2.05, 4.69) is 0 Å². The normalized spacial score (nSPS) is 10.0. The Balaban J connectivity index is 3.29. The molecule has 0 aliphatic carbocycles. The topological polar surface area (TPSA) is 40.9 Å². The molecule has 14 heavy (non-hydrogen) atoms. The summed E-state index contributed by atoms with van der Waals surface area (Å²) < 4.78 is 26.2. The number of carbonyl (C=O) groups is 1. The molecule has 0 radical (unpaired) electrons. The number of hydrogen-bond acceptors (Lipinski definition) is 2. The van der Waals surface area contributed by atoms with E-state index in [-0.39, 0.29) is 16.8 Å². The van der Waals surface area contributed by atoms with Crippen LogP contribution in [0.1, 0.15) is 22.8 Å². The molecule has 0 saturated heterocycles. The summed E-state index contributed by atoms with van der Waals surface area (Å²) in [5.74, 6) is -2.22. The van der Waals surface area contributed by atoms with Gasteiger partial charge in [0.2, 0.25) is 5.78 Å². The molecule has 0 aromatic heterocycles. The van der Waals surface area contributed by atoms with Crippen LogP contribution < -0.4 is 0 Å². The van der Waals surface area contributed by atoms with Gasteiger partial charge in [-0.15, -0.1) is 0 Å². The highest BCUT2D eigenvalue weighted by Crippen LogP contribution is 2.14. The van der Waals surface area contributed by atoms with Crippen LogP contribution in [0.25, 0.3) is 0 Å². The molecule has 0 heterocycles. The first-order chi connectivity index (χ1) is 6.43. The van der Waals surface area contributed by atoms with Crippen molar-refractivity contribution in [2.45, 2.75) is 13.8 Å². The molecule has 1 aromatic rings. The summed E-state index contributed by atoms with van der Waals surface area (Å²) in [6.45, 7) is 2.64. The average molecular weight is 197 g/mol. The van der Waals surface area contributed by atoms with Crippen LogP contribution in [0.4, 0.5) is 8.78 Å². The van der Waals surface area contributed by atoms with Gasteiger partial charge in [-0.2, -0.15) is 0 Å². The lowest BCUT2D eigenvalue weighted by Gasteiger charge is -2.03. The molecule has 0 amide bonds. The van der Waals surface area contributed by atoms with Gasteiger partial charge >= 0.3 is 0 Å². The van der Waals surface area contributed by atoms with Gasteiger partial charge in [-0.25, -0.2) is 8.78 Å². The van der Waals surface area contributed by atoms with Gasteiger partial charge < -0.3 is 5.41 Å². The third-order valence-electron chi connectivity index (χ3n) is 1.83. The molecular formula is C10H9F2NO. The molecule has 0 aliphatic rings. The van der Waals surface area contributed by atoms with Crippen molar-refractivity contribution < 1.29 is 13.6 Å². The highest BCUT2D eigenvalue weighted by Gasteiger charge is 2.15. The van der Waals surface area contributed by atoms with Crippen molar-refractivity contribution in [2.24, 2.45) is 0 Å². The Labute approximate surface area is 80.1 Å². The summed E-state index contributed by atoms with van der Waals surface area (Å²) >= 11 is 0. The SMILES string of the molecule is CC(=N)C(=O)c1cc(F)c(C)cc1F. The monoisotopic (exact) mass is 197 g/mol. The number of rotatable bonds is 2. The van der Waals surface area contributed by atoms with Crippen molar-refractivity contribution >= 4 is 11.5 Å². The molecule has 1 N–H and O–H groups in total. The zero-order chi connectivity index (χ0) is 10.9. The third-order valence-corrected chi connectivity index (χ3v) is 1.83. The van der Waals surface area contributed by atoms with Crippen LogP contribution in [0.3, 0.4) is 0 Å². The van der Waals surface area contributed by atoms with E-state index in [0.29, 0.717) is 0 Å². The molecular weight excluding hydrogens is 188 g/mol. The molecule has 4 heteroatoms. The van der Waals surface area contributed by atoms with Crippen molar-refractivity contribution in [3.63, 3.8) is 0 Å². The van der Waals surface area contributed by atoms with E-state index in [1.807, 2.05) is 0 Å². The maximum absolute atomic E-state index is 13.2. The van der Waals surface area contributed by atoms with Crippen LogP contribution in [0.5, 0.6) is 0 Å². The second kappa shape index (κ2) is 3.65. The Morgan fingerprint density at radius 2 is 1.86 bits per heavy atom. The van der Waals surface area contributed by atoms with Gasteiger partial charge in [0, 0.05) is 0 Å². The summed E-state index contributed by atoms with van der Waals surface area (Å²) in [6, 6.07) is 1.77. The molecule has 0 spiro atoms. The second-order valence-corrected chi connectivity index (χ2v) is 3.04. The van der Waals surface area contributed by atoms with E-state index in [9.17, 15) is 13.6 Å². The van der Waals surface area contributed by atoms with E-state index in [1.165, 1.54) is 13.8 Å². The maximum atomic E-state index is 13.2. The summed E-state index contributed by atoms with van der Waals surface area (Å²) in [5, 5.41) is 7.02. The Morgan fingerprint density at radius 3 is 2.36 bits per heavy atom. The number of nitrogens with one attached hydrogen (secondary N) is 1. The molecule has 0 fully saturated rings. The number of carbonyl (C=O) groups excluding carboxylic acids is 1. The Bertz CT molecular complexity index is 413. The van der Waals surface area contributed by atoms with Gasteiger partial charge in [-0.3, -0.25) is 4.79 Å². The molecule has 0 saturated carbocycles. The van der Waals surface area contributed by atoms with E-state index in [1.54, 1.807) is 0 Å². The van der Waals surface area contributed by atoms with Crippen molar-refractivity contribution in [1.82, 2.24) is 0 Å². The summed E-state index contributed by atoms with van der Waals surface area (Å²) in [7, 11) is 0. The van der Waals surface area contributed by atoms with Crippen molar-refractivity contribution in [1.29, 1.82) is 5.41 Å². The lowest BCUT2D eigenvalue weighted by Crippen LogP contribution is -2.12. The standard InChI is InChI=1S/C10H9F2NO/c1-5-3-9(12)7(4-8(5)11)10(14)6(2)13/h3-4,13H,1-2H3. The molecule has 1 rings (SSSR count). The molecule has 74 valence electrons. The van der Waals surface area contributed by atoms with Gasteiger partial charge in [-0.05, 0) is 31.5 Å². The van der Waals surface area contributed by atoms with Crippen LogP contribution in [0, 0.1) is 24.0 Å². The number of ketones is 1. The first-order valence-corrected chi connectivity index (χ1v) is 3.99. The smallest absolute Gasteiger partial charge is 0.209 e. The van der Waals surface area contributed by atoms with Crippen molar-refractivity contribution in [3.05, 3.63) is 34.9 Å². The summed E-state index contributed by atoms with van der Waals surface area (Å²) in [6.07, 6.45) is 0. The lowest BCUT2D eigenvalue weighted by molar-refractivity contribution is 0.106. The van der Waals surface area contributed by atoms with E-state index in [0.717, 1.165) is 12.1 Å². The minimum absolute atomic E-state index is 0.140. The van der Waals surface area contributed by atoms with Gasteiger partial charge in [-0.1, -0.05) is 0 Å². The Morgan fingerprint density at radius 1 is 1.29 bits per heavy atom. The largest absolute Gasteiger partial charge is 0.302 e. The van der Waals surface area contributed by atoms with Crippen LogP contribution in [0.2, 0.25) is 0 Å². The maximum Gasteiger partial charge on any atom is 0.209 e. The zero-order valence-electron chi connectivity index (χ0n) is 7.82. The Kier molecular flexibility index (Phi) is 2.74. The number of Topliss-reactive ketones (excluding diaryl/α,β-unsaturated/α-hetero) is 1. The van der Waals surface area contributed by atoms with Crippen molar-refractivity contribution in [2.75, 3.05) is 0 Å². The highest BCUT2D eigenvalue weighted by atomic mass is 19.1. The van der Waals surface area contributed by atoms with Crippen LogP contribution in [0.15, 0.2) is 12.1 Å². The predicted molar refractivity (Wildman–Crippen MR) is 48.8 cm³/mol. The highest BCUT2D eigenvalue weighted by molar-refractivity contribution is 6.44. The van der Waals surface area contributed by atoms with Gasteiger partial charge in [0.1, 0.15) is 11.6 Å². The summed E-state index contributed by atoms with van der Waals surface area (Å²) in [4.78, 5) is 11.2. The van der Waals surface area contributed by atoms with E-state index in [4.69, 9.17) is 5.41 Å². The van der Waals surface area contributed by atoms with Gasteiger partial charge in [0.25, 0.3) is 0 Å². The number of benzene rings is 1. The zero-order valence-corrected chi connectivity index (χ0v) is 7.82. The van der Waals surface area contributed by atoms with E-state index >= 15 is 0 Å². The van der Waals surface area contributed by atoms with Crippen LogP contribution in [-0.4, -0.2) is 11.5 Å². The number of hydrogen-bond donors (Lipinski definition) is 1. The van der Waals surface area contributed by atoms with Crippen LogP contribution in [-0.2, 0) is 0 Å². The molecule has 0 unspecified atom stereocenters. The molecule has 0 aliphatic heterocycles. The predicted octanol–water partition coefficient (Wildman–Crippen LogP) is 2.50. The Hall–Kier alpha value is -1.58. The first kappa shape index (κ1) is 10.5. The fourth-order valence-electron chi connectivity index (χ4n) is 1.02. The quantitative estimate of drug-likeness (QED) is 0.574. The molecule has 2 nitrogen and oxygen atoms in total. The fraction of sp³-hybridized carbons (Fsp3) is 0.200. The molecule has 1 aromatic carbocycles. The molecule has 0 bridgehead atoms. The average Bonchev–Trinajstić information content (AvgIpc) is 2.10. The first-order valence-electron chi connectivity index (χ1n) is 3.99. The molecule has 0 atom stereocenters. The third kappa shape index (κ3) is 1.84. The fourth-order valence-corrected chi connectivity index (χ4v) is 1.02. The lowest BCUT2D eigenvalue weighted by atomic mass is 10.0. The van der Waals surface area contributed by atoms with Crippen LogP contribution >= 0.6 is 0 Å². The number of aryl methyl sites for hydroxylation is 1. The second-order valence-electron chi connectivity index (χ2n) is 3.04. The van der Waals surface area contributed by atoms with Crippen molar-refractivity contribution in [3.8, 4) is 0 Å². The number of halogens is 2.